The van der Waals surface area contributed by atoms with Crippen molar-refractivity contribution in [3.8, 4) is 6.07 Å². The highest BCUT2D eigenvalue weighted by Gasteiger charge is 2.16. The second-order valence-corrected chi connectivity index (χ2v) is 3.03. The van der Waals surface area contributed by atoms with Gasteiger partial charge in [-0.1, -0.05) is 13.8 Å². The molecule has 0 aliphatic heterocycles. The molecule has 74 valence electrons. The number of hydrogen-bond acceptors (Lipinski definition) is 3. The van der Waals surface area contributed by atoms with E-state index in [1.54, 1.807) is 12.4 Å². The summed E-state index contributed by atoms with van der Waals surface area (Å²) in [6, 6.07) is 5.96. The standard InChI is InChI=1S/C11H15N3/c1-3-14(4-2)11(9-12)10-5-7-13-8-6-10/h5-8,11H,3-4H2,1-2H3. The highest BCUT2D eigenvalue weighted by molar-refractivity contribution is 5.21. The maximum atomic E-state index is 9.10. The quantitative estimate of drug-likeness (QED) is 0.727. The van der Waals surface area contributed by atoms with Gasteiger partial charge >= 0.3 is 0 Å². The van der Waals surface area contributed by atoms with Gasteiger partial charge in [0, 0.05) is 12.4 Å². The minimum absolute atomic E-state index is 0.145. The summed E-state index contributed by atoms with van der Waals surface area (Å²) in [4.78, 5) is 6.07. The molecule has 1 aromatic heterocycles. The van der Waals surface area contributed by atoms with E-state index in [0.29, 0.717) is 0 Å². The van der Waals surface area contributed by atoms with Gasteiger partial charge in [-0.25, -0.2) is 0 Å². The molecular weight excluding hydrogens is 174 g/mol. The van der Waals surface area contributed by atoms with E-state index in [1.807, 2.05) is 12.1 Å². The second-order valence-electron chi connectivity index (χ2n) is 3.03. The van der Waals surface area contributed by atoms with E-state index in [9.17, 15) is 0 Å². The largest absolute Gasteiger partial charge is 0.285 e. The van der Waals surface area contributed by atoms with Crippen molar-refractivity contribution in [1.82, 2.24) is 9.88 Å². The van der Waals surface area contributed by atoms with Crippen LogP contribution in [0.3, 0.4) is 0 Å². The number of pyridine rings is 1. The first-order valence-corrected chi connectivity index (χ1v) is 4.87. The Bertz CT molecular complexity index is 298. The average molecular weight is 189 g/mol. The van der Waals surface area contributed by atoms with Gasteiger partial charge in [-0.05, 0) is 30.8 Å². The number of rotatable bonds is 4. The van der Waals surface area contributed by atoms with Gasteiger partial charge in [0.15, 0.2) is 0 Å². The van der Waals surface area contributed by atoms with E-state index >= 15 is 0 Å². The van der Waals surface area contributed by atoms with Crippen molar-refractivity contribution >= 4 is 0 Å². The smallest absolute Gasteiger partial charge is 0.123 e. The van der Waals surface area contributed by atoms with Crippen LogP contribution in [-0.2, 0) is 0 Å². The van der Waals surface area contributed by atoms with Gasteiger partial charge in [0.1, 0.15) is 6.04 Å². The molecule has 1 unspecified atom stereocenters. The molecule has 3 nitrogen and oxygen atoms in total. The van der Waals surface area contributed by atoms with Crippen molar-refractivity contribution < 1.29 is 0 Å². The third kappa shape index (κ3) is 2.30. The van der Waals surface area contributed by atoms with Crippen LogP contribution in [0, 0.1) is 11.3 Å². The molecule has 1 atom stereocenters. The van der Waals surface area contributed by atoms with Crippen LogP contribution in [0.15, 0.2) is 24.5 Å². The molecule has 0 amide bonds. The predicted molar refractivity (Wildman–Crippen MR) is 55.5 cm³/mol. The fraction of sp³-hybridized carbons (Fsp3) is 0.455. The van der Waals surface area contributed by atoms with Crippen molar-refractivity contribution in [3.05, 3.63) is 30.1 Å². The van der Waals surface area contributed by atoms with Gasteiger partial charge in [0.25, 0.3) is 0 Å². The molecule has 1 aromatic rings. The Morgan fingerprint density at radius 2 is 1.93 bits per heavy atom. The van der Waals surface area contributed by atoms with Crippen molar-refractivity contribution in [2.24, 2.45) is 0 Å². The highest BCUT2D eigenvalue weighted by Crippen LogP contribution is 2.18. The van der Waals surface area contributed by atoms with Gasteiger partial charge < -0.3 is 0 Å². The summed E-state index contributed by atoms with van der Waals surface area (Å²) in [5, 5.41) is 9.10. The topological polar surface area (TPSA) is 39.9 Å². The van der Waals surface area contributed by atoms with E-state index in [2.05, 4.69) is 29.8 Å². The summed E-state index contributed by atoms with van der Waals surface area (Å²) in [5.74, 6) is 0. The molecule has 0 aliphatic carbocycles. The van der Waals surface area contributed by atoms with Crippen LogP contribution in [-0.4, -0.2) is 23.0 Å². The number of nitriles is 1. The van der Waals surface area contributed by atoms with Gasteiger partial charge in [0.05, 0.1) is 6.07 Å². The van der Waals surface area contributed by atoms with Gasteiger partial charge in [-0.15, -0.1) is 0 Å². The number of aromatic nitrogens is 1. The van der Waals surface area contributed by atoms with Crippen LogP contribution in [0.5, 0.6) is 0 Å². The molecule has 0 bridgehead atoms. The van der Waals surface area contributed by atoms with Gasteiger partial charge in [0.2, 0.25) is 0 Å². The van der Waals surface area contributed by atoms with Crippen molar-refractivity contribution in [3.63, 3.8) is 0 Å². The molecule has 0 fully saturated rings. The lowest BCUT2D eigenvalue weighted by Gasteiger charge is -2.23. The molecule has 0 aliphatic rings. The molecule has 1 heterocycles. The number of hydrogen-bond donors (Lipinski definition) is 0. The summed E-state index contributed by atoms with van der Waals surface area (Å²) in [7, 11) is 0. The Hall–Kier alpha value is -1.40. The maximum Gasteiger partial charge on any atom is 0.123 e. The molecule has 0 saturated heterocycles. The highest BCUT2D eigenvalue weighted by atomic mass is 15.1. The lowest BCUT2D eigenvalue weighted by atomic mass is 10.1. The van der Waals surface area contributed by atoms with Crippen LogP contribution in [0.4, 0.5) is 0 Å². The Kier molecular flexibility index (Phi) is 4.09. The molecule has 1 rings (SSSR count). The third-order valence-electron chi connectivity index (χ3n) is 2.32. The second kappa shape index (κ2) is 5.36. The summed E-state index contributed by atoms with van der Waals surface area (Å²) < 4.78 is 0. The van der Waals surface area contributed by atoms with E-state index in [-0.39, 0.29) is 6.04 Å². The van der Waals surface area contributed by atoms with Gasteiger partial charge in [-0.2, -0.15) is 5.26 Å². The minimum Gasteiger partial charge on any atom is -0.285 e. The van der Waals surface area contributed by atoms with E-state index in [4.69, 9.17) is 5.26 Å². The number of nitrogens with zero attached hydrogens (tertiary/aromatic N) is 3. The van der Waals surface area contributed by atoms with Crippen LogP contribution in [0.25, 0.3) is 0 Å². The normalized spacial score (nSPS) is 12.4. The maximum absolute atomic E-state index is 9.10. The van der Waals surface area contributed by atoms with Crippen LogP contribution in [0.1, 0.15) is 25.5 Å². The summed E-state index contributed by atoms with van der Waals surface area (Å²) in [6.45, 7) is 5.90. The minimum atomic E-state index is -0.145. The van der Waals surface area contributed by atoms with Crippen LogP contribution < -0.4 is 0 Å². The van der Waals surface area contributed by atoms with Crippen LogP contribution >= 0.6 is 0 Å². The van der Waals surface area contributed by atoms with E-state index < -0.39 is 0 Å². The third-order valence-corrected chi connectivity index (χ3v) is 2.32. The first-order valence-electron chi connectivity index (χ1n) is 4.87. The Morgan fingerprint density at radius 3 is 2.36 bits per heavy atom. The molecule has 0 spiro atoms. The first-order chi connectivity index (χ1) is 6.83. The zero-order valence-corrected chi connectivity index (χ0v) is 8.64. The lowest BCUT2D eigenvalue weighted by Crippen LogP contribution is -2.27. The molecule has 0 saturated carbocycles. The van der Waals surface area contributed by atoms with E-state index in [0.717, 1.165) is 18.7 Å². The van der Waals surface area contributed by atoms with Gasteiger partial charge in [-0.3, -0.25) is 9.88 Å². The van der Waals surface area contributed by atoms with Crippen molar-refractivity contribution in [2.45, 2.75) is 19.9 Å². The zero-order chi connectivity index (χ0) is 10.4. The Labute approximate surface area is 85.0 Å². The molecular formula is C11H15N3. The first kappa shape index (κ1) is 10.7. The molecule has 0 aromatic carbocycles. The monoisotopic (exact) mass is 189 g/mol. The molecule has 3 heteroatoms. The zero-order valence-electron chi connectivity index (χ0n) is 8.64. The molecule has 0 N–H and O–H groups in total. The Balaban J connectivity index is 2.88. The molecule has 14 heavy (non-hydrogen) atoms. The molecule has 0 radical (unpaired) electrons. The van der Waals surface area contributed by atoms with E-state index in [1.165, 1.54) is 0 Å². The van der Waals surface area contributed by atoms with Crippen molar-refractivity contribution in [2.75, 3.05) is 13.1 Å². The predicted octanol–water partition coefficient (Wildman–Crippen LogP) is 1.99. The summed E-state index contributed by atoms with van der Waals surface area (Å²) in [6.07, 6.45) is 3.45. The summed E-state index contributed by atoms with van der Waals surface area (Å²) in [5.41, 5.74) is 1.02. The fourth-order valence-electron chi connectivity index (χ4n) is 1.50. The van der Waals surface area contributed by atoms with Crippen molar-refractivity contribution in [1.29, 1.82) is 5.26 Å². The average Bonchev–Trinajstić information content (AvgIpc) is 2.27. The Morgan fingerprint density at radius 1 is 1.36 bits per heavy atom. The SMILES string of the molecule is CCN(CC)C(C#N)c1ccncc1. The fourth-order valence-corrected chi connectivity index (χ4v) is 1.50. The lowest BCUT2D eigenvalue weighted by molar-refractivity contribution is 0.262. The summed E-state index contributed by atoms with van der Waals surface area (Å²) >= 11 is 0. The van der Waals surface area contributed by atoms with Crippen LogP contribution in [0.2, 0.25) is 0 Å².